The molecular weight excluding hydrogens is 399 g/mol. The molecular formula is C20H25FN2O3S2. The summed E-state index contributed by atoms with van der Waals surface area (Å²) in [5.41, 5.74) is 1.75. The van der Waals surface area contributed by atoms with Crippen LogP contribution in [0.15, 0.2) is 47.4 Å². The van der Waals surface area contributed by atoms with Crippen LogP contribution >= 0.6 is 11.8 Å². The smallest absolute Gasteiger partial charge is 0.230 e. The highest BCUT2D eigenvalue weighted by Crippen LogP contribution is 2.25. The van der Waals surface area contributed by atoms with Crippen molar-refractivity contribution in [1.82, 2.24) is 5.32 Å². The van der Waals surface area contributed by atoms with Gasteiger partial charge in [-0.25, -0.2) is 12.8 Å². The van der Waals surface area contributed by atoms with E-state index in [-0.39, 0.29) is 29.3 Å². The van der Waals surface area contributed by atoms with Gasteiger partial charge in [0.25, 0.3) is 0 Å². The molecule has 8 heteroatoms. The molecule has 0 unspecified atom stereocenters. The number of sulfonamides is 1. The Morgan fingerprint density at radius 1 is 1.11 bits per heavy atom. The van der Waals surface area contributed by atoms with E-state index in [9.17, 15) is 17.6 Å². The molecule has 0 aliphatic heterocycles. The molecule has 152 valence electrons. The Hall–Kier alpha value is -2.06. The summed E-state index contributed by atoms with van der Waals surface area (Å²) in [4.78, 5) is 13.0. The lowest BCUT2D eigenvalue weighted by Gasteiger charge is -2.19. The van der Waals surface area contributed by atoms with Crippen LogP contribution < -0.4 is 10.0 Å². The van der Waals surface area contributed by atoms with Gasteiger partial charge >= 0.3 is 0 Å². The maximum Gasteiger partial charge on any atom is 0.230 e. The highest BCUT2D eigenvalue weighted by molar-refractivity contribution is 8.00. The summed E-state index contributed by atoms with van der Waals surface area (Å²) in [6.07, 6.45) is 0.953. The molecule has 0 radical (unpaired) electrons. The first-order chi connectivity index (χ1) is 12.9. The van der Waals surface area contributed by atoms with Gasteiger partial charge in [-0.1, -0.05) is 39.0 Å². The van der Waals surface area contributed by atoms with E-state index in [2.05, 4.69) is 42.9 Å². The minimum absolute atomic E-state index is 0.0855. The molecule has 2 N–H and O–H groups in total. The number of rotatable bonds is 7. The van der Waals surface area contributed by atoms with Crippen molar-refractivity contribution in [3.8, 4) is 0 Å². The van der Waals surface area contributed by atoms with Crippen LogP contribution in [-0.4, -0.2) is 26.3 Å². The quantitative estimate of drug-likeness (QED) is 0.661. The maximum atomic E-state index is 13.9. The van der Waals surface area contributed by atoms with E-state index in [1.54, 1.807) is 6.07 Å². The highest BCUT2D eigenvalue weighted by Gasteiger charge is 2.13. The number of anilines is 1. The third-order valence-corrected chi connectivity index (χ3v) is 5.51. The van der Waals surface area contributed by atoms with Gasteiger partial charge in [0, 0.05) is 11.4 Å². The zero-order valence-corrected chi connectivity index (χ0v) is 18.0. The Kier molecular flexibility index (Phi) is 7.11. The number of halogens is 1. The number of carbonyl (C=O) groups is 1. The zero-order chi connectivity index (χ0) is 20.9. The summed E-state index contributed by atoms with van der Waals surface area (Å²) in [5.74, 6) is -0.598. The van der Waals surface area contributed by atoms with Crippen molar-refractivity contribution < 1.29 is 17.6 Å². The molecule has 0 heterocycles. The molecule has 2 aromatic carbocycles. The van der Waals surface area contributed by atoms with Crippen LogP contribution in [0.4, 0.5) is 10.1 Å². The Labute approximate surface area is 170 Å². The molecule has 0 spiro atoms. The van der Waals surface area contributed by atoms with Gasteiger partial charge in [-0.2, -0.15) is 0 Å². The van der Waals surface area contributed by atoms with Crippen LogP contribution in [0.25, 0.3) is 0 Å². The lowest BCUT2D eigenvalue weighted by molar-refractivity contribution is -0.118. The molecule has 2 aromatic rings. The summed E-state index contributed by atoms with van der Waals surface area (Å²) >= 11 is 1.43. The van der Waals surface area contributed by atoms with Gasteiger partial charge in [0.2, 0.25) is 15.9 Å². The molecule has 0 aromatic heterocycles. The van der Waals surface area contributed by atoms with Gasteiger partial charge in [-0.05, 0) is 40.8 Å². The first-order valence-corrected chi connectivity index (χ1v) is 11.6. The van der Waals surface area contributed by atoms with Crippen molar-refractivity contribution in [3.63, 3.8) is 0 Å². The Balaban J connectivity index is 1.85. The van der Waals surface area contributed by atoms with E-state index in [1.165, 1.54) is 29.5 Å². The molecule has 0 aliphatic rings. The number of thioether (sulfide) groups is 1. The molecule has 1 amide bonds. The number of benzene rings is 2. The summed E-state index contributed by atoms with van der Waals surface area (Å²) in [6, 6.07) is 12.2. The van der Waals surface area contributed by atoms with Gasteiger partial charge in [-0.3, -0.25) is 9.52 Å². The molecule has 0 aliphatic carbocycles. The first-order valence-electron chi connectivity index (χ1n) is 8.70. The van der Waals surface area contributed by atoms with Crippen molar-refractivity contribution in [2.75, 3.05) is 16.7 Å². The van der Waals surface area contributed by atoms with Crippen LogP contribution in [0.2, 0.25) is 0 Å². The van der Waals surface area contributed by atoms with E-state index in [0.717, 1.165) is 11.2 Å². The average Bonchev–Trinajstić information content (AvgIpc) is 2.59. The van der Waals surface area contributed by atoms with Gasteiger partial charge in [0.1, 0.15) is 5.82 Å². The SMILES string of the molecule is CC(C)(C)c1ccc(SCC(=O)NCc2ccc(NS(C)(=O)=O)c(F)c2)cc1. The third kappa shape index (κ3) is 7.16. The van der Waals surface area contributed by atoms with Crippen LogP contribution in [0.5, 0.6) is 0 Å². The average molecular weight is 425 g/mol. The van der Waals surface area contributed by atoms with Gasteiger partial charge in [0.05, 0.1) is 17.7 Å². The normalized spacial score (nSPS) is 11.9. The molecule has 0 saturated carbocycles. The van der Waals surface area contributed by atoms with E-state index in [1.807, 2.05) is 12.1 Å². The summed E-state index contributed by atoms with van der Waals surface area (Å²) < 4.78 is 38.4. The van der Waals surface area contributed by atoms with Gasteiger partial charge in [-0.15, -0.1) is 11.8 Å². The number of hydrogen-bond donors (Lipinski definition) is 2. The van der Waals surface area contributed by atoms with Gasteiger partial charge in [0.15, 0.2) is 0 Å². The van der Waals surface area contributed by atoms with Crippen LogP contribution in [0.3, 0.4) is 0 Å². The second kappa shape index (κ2) is 8.96. The minimum Gasteiger partial charge on any atom is -0.351 e. The van der Waals surface area contributed by atoms with Crippen LogP contribution in [0, 0.1) is 5.82 Å². The third-order valence-electron chi connectivity index (χ3n) is 3.91. The summed E-state index contributed by atoms with van der Waals surface area (Å²) in [6.45, 7) is 6.61. The van der Waals surface area contributed by atoms with E-state index in [4.69, 9.17) is 0 Å². The largest absolute Gasteiger partial charge is 0.351 e. The first kappa shape index (κ1) is 22.2. The molecule has 0 atom stereocenters. The van der Waals surface area contributed by atoms with Crippen LogP contribution in [0.1, 0.15) is 31.9 Å². The summed E-state index contributed by atoms with van der Waals surface area (Å²) in [5, 5.41) is 2.73. The lowest BCUT2D eigenvalue weighted by Crippen LogP contribution is -2.24. The monoisotopic (exact) mass is 424 g/mol. The predicted molar refractivity (Wildman–Crippen MR) is 113 cm³/mol. The molecule has 0 bridgehead atoms. The summed E-state index contributed by atoms with van der Waals surface area (Å²) in [7, 11) is -3.55. The molecule has 28 heavy (non-hydrogen) atoms. The molecule has 2 rings (SSSR count). The maximum absolute atomic E-state index is 13.9. The zero-order valence-electron chi connectivity index (χ0n) is 16.4. The second-order valence-corrected chi connectivity index (χ2v) is 10.3. The molecule has 0 fully saturated rings. The standard InChI is InChI=1S/C20H25FN2O3S2/c1-20(2,3)15-6-8-16(9-7-15)27-13-19(24)22-12-14-5-10-18(17(21)11-14)23-28(4,25)26/h5-11,23H,12-13H2,1-4H3,(H,22,24). The van der Waals surface area contributed by atoms with Gasteiger partial charge < -0.3 is 5.32 Å². The number of amides is 1. The fourth-order valence-electron chi connectivity index (χ4n) is 2.40. The van der Waals surface area contributed by atoms with E-state index in [0.29, 0.717) is 5.56 Å². The minimum atomic E-state index is -3.55. The number of nitrogens with one attached hydrogen (secondary N) is 2. The fraction of sp³-hybridized carbons (Fsp3) is 0.350. The van der Waals surface area contributed by atoms with Crippen molar-refractivity contribution in [2.45, 2.75) is 37.6 Å². The van der Waals surface area contributed by atoms with Crippen molar-refractivity contribution in [3.05, 3.63) is 59.4 Å². The van der Waals surface area contributed by atoms with E-state index >= 15 is 0 Å². The van der Waals surface area contributed by atoms with Crippen molar-refractivity contribution in [2.24, 2.45) is 0 Å². The molecule has 5 nitrogen and oxygen atoms in total. The van der Waals surface area contributed by atoms with E-state index < -0.39 is 15.8 Å². The topological polar surface area (TPSA) is 75.3 Å². The molecule has 0 saturated heterocycles. The predicted octanol–water partition coefficient (Wildman–Crippen LogP) is 3.90. The second-order valence-electron chi connectivity index (χ2n) is 7.53. The van der Waals surface area contributed by atoms with Crippen molar-refractivity contribution in [1.29, 1.82) is 0 Å². The Morgan fingerprint density at radius 2 is 1.75 bits per heavy atom. The van der Waals surface area contributed by atoms with Crippen LogP contribution in [-0.2, 0) is 26.8 Å². The lowest BCUT2D eigenvalue weighted by atomic mass is 9.87. The number of carbonyl (C=O) groups excluding carboxylic acids is 1. The highest BCUT2D eigenvalue weighted by atomic mass is 32.2. The Bertz CT molecular complexity index is 937. The fourth-order valence-corrected chi connectivity index (χ4v) is 3.70. The number of hydrogen-bond acceptors (Lipinski definition) is 4. The Morgan fingerprint density at radius 3 is 2.29 bits per heavy atom. The van der Waals surface area contributed by atoms with Crippen molar-refractivity contribution >= 4 is 33.4 Å².